The van der Waals surface area contributed by atoms with Gasteiger partial charge in [-0.1, -0.05) is 11.6 Å². The number of benzene rings is 1. The zero-order valence-electron chi connectivity index (χ0n) is 9.03. The third-order valence-electron chi connectivity index (χ3n) is 1.95. The lowest BCUT2D eigenvalue weighted by atomic mass is 10.3. The highest BCUT2D eigenvalue weighted by Gasteiger charge is 2.01. The van der Waals surface area contributed by atoms with Crippen LogP contribution in [0.25, 0.3) is 0 Å². The topological polar surface area (TPSA) is 61.4 Å². The minimum absolute atomic E-state index is 0.289. The Kier molecular flexibility index (Phi) is 5.08. The Morgan fingerprint density at radius 2 is 2.06 bits per heavy atom. The van der Waals surface area contributed by atoms with E-state index in [2.05, 4.69) is 10.6 Å². The van der Waals surface area contributed by atoms with Crippen LogP contribution < -0.4 is 10.6 Å². The van der Waals surface area contributed by atoms with Crippen molar-refractivity contribution in [2.45, 2.75) is 19.4 Å². The summed E-state index contributed by atoms with van der Waals surface area (Å²) in [5.74, 6) is 0. The first-order valence-corrected chi connectivity index (χ1v) is 5.44. The maximum Gasteiger partial charge on any atom is 0.319 e. The van der Waals surface area contributed by atoms with E-state index >= 15 is 0 Å². The van der Waals surface area contributed by atoms with E-state index in [0.717, 1.165) is 0 Å². The number of hydrogen-bond donors (Lipinski definition) is 3. The number of aliphatic hydroxyl groups excluding tert-OH is 1. The van der Waals surface area contributed by atoms with Crippen molar-refractivity contribution in [1.29, 1.82) is 0 Å². The molecule has 0 saturated carbocycles. The van der Waals surface area contributed by atoms with Crippen LogP contribution >= 0.6 is 11.6 Å². The van der Waals surface area contributed by atoms with Crippen molar-refractivity contribution in [2.75, 3.05) is 11.9 Å². The second-order valence-corrected chi connectivity index (χ2v) is 3.96. The number of rotatable bonds is 4. The number of carbonyl (C=O) groups excluding carboxylic acids is 1. The Bertz CT molecular complexity index is 338. The predicted octanol–water partition coefficient (Wildman–Crippen LogP) is 2.23. The van der Waals surface area contributed by atoms with Crippen LogP contribution in [0.3, 0.4) is 0 Å². The van der Waals surface area contributed by atoms with Crippen molar-refractivity contribution in [3.63, 3.8) is 0 Å². The first kappa shape index (κ1) is 12.8. The molecular formula is C11H15ClN2O2. The van der Waals surface area contributed by atoms with Gasteiger partial charge in [-0.2, -0.15) is 0 Å². The van der Waals surface area contributed by atoms with Gasteiger partial charge < -0.3 is 15.7 Å². The fourth-order valence-electron chi connectivity index (χ4n) is 1.10. The second kappa shape index (κ2) is 6.35. The van der Waals surface area contributed by atoms with Crippen LogP contribution in [0.15, 0.2) is 24.3 Å². The average Bonchev–Trinajstić information content (AvgIpc) is 2.21. The normalized spacial score (nSPS) is 11.9. The summed E-state index contributed by atoms with van der Waals surface area (Å²) in [5, 5.41) is 14.9. The van der Waals surface area contributed by atoms with E-state index in [4.69, 9.17) is 16.7 Å². The van der Waals surface area contributed by atoms with E-state index in [1.54, 1.807) is 31.2 Å². The van der Waals surface area contributed by atoms with Gasteiger partial charge in [0, 0.05) is 17.3 Å². The van der Waals surface area contributed by atoms with E-state index in [1.807, 2.05) is 0 Å². The molecule has 1 atom stereocenters. The van der Waals surface area contributed by atoms with Gasteiger partial charge in [-0.3, -0.25) is 0 Å². The molecule has 0 bridgehead atoms. The van der Waals surface area contributed by atoms with Gasteiger partial charge in [0.25, 0.3) is 0 Å². The van der Waals surface area contributed by atoms with Crippen LogP contribution in [0, 0.1) is 0 Å². The maximum absolute atomic E-state index is 11.3. The number of amides is 2. The van der Waals surface area contributed by atoms with Crippen LogP contribution in [-0.4, -0.2) is 23.8 Å². The van der Waals surface area contributed by atoms with Crippen molar-refractivity contribution in [2.24, 2.45) is 0 Å². The van der Waals surface area contributed by atoms with E-state index < -0.39 is 6.10 Å². The van der Waals surface area contributed by atoms with Crippen LogP contribution in [0.1, 0.15) is 13.3 Å². The Morgan fingerprint density at radius 3 is 2.62 bits per heavy atom. The highest BCUT2D eigenvalue weighted by atomic mass is 35.5. The lowest BCUT2D eigenvalue weighted by Crippen LogP contribution is -2.30. The van der Waals surface area contributed by atoms with Crippen molar-refractivity contribution in [3.8, 4) is 0 Å². The van der Waals surface area contributed by atoms with Gasteiger partial charge in [0.15, 0.2) is 0 Å². The van der Waals surface area contributed by atoms with Gasteiger partial charge in [0.1, 0.15) is 0 Å². The summed E-state index contributed by atoms with van der Waals surface area (Å²) >= 11 is 5.71. The maximum atomic E-state index is 11.3. The molecule has 0 aliphatic rings. The lowest BCUT2D eigenvalue weighted by molar-refractivity contribution is 0.184. The number of anilines is 1. The summed E-state index contributed by atoms with van der Waals surface area (Å²) in [7, 11) is 0. The summed E-state index contributed by atoms with van der Waals surface area (Å²) < 4.78 is 0. The molecule has 88 valence electrons. The number of halogens is 1. The fourth-order valence-corrected chi connectivity index (χ4v) is 1.23. The molecular weight excluding hydrogens is 228 g/mol. The van der Waals surface area contributed by atoms with E-state index in [0.29, 0.717) is 23.7 Å². The number of urea groups is 1. The molecule has 0 heterocycles. The predicted molar refractivity (Wildman–Crippen MR) is 64.8 cm³/mol. The molecule has 0 aliphatic carbocycles. The second-order valence-electron chi connectivity index (χ2n) is 3.53. The summed E-state index contributed by atoms with van der Waals surface area (Å²) in [6.07, 6.45) is 0.129. The van der Waals surface area contributed by atoms with Gasteiger partial charge in [-0.25, -0.2) is 4.79 Å². The monoisotopic (exact) mass is 242 g/mol. The highest BCUT2D eigenvalue weighted by Crippen LogP contribution is 2.12. The zero-order valence-corrected chi connectivity index (χ0v) is 9.79. The van der Waals surface area contributed by atoms with Gasteiger partial charge in [0.2, 0.25) is 0 Å². The molecule has 5 heteroatoms. The minimum atomic E-state index is -0.407. The molecule has 4 nitrogen and oxygen atoms in total. The Balaban J connectivity index is 2.31. The first-order chi connectivity index (χ1) is 7.58. The standard InChI is InChI=1S/C11H15ClN2O2/c1-8(15)6-7-13-11(16)14-10-4-2-9(12)3-5-10/h2-5,8,15H,6-7H2,1H3,(H2,13,14,16). The number of nitrogens with one attached hydrogen (secondary N) is 2. The Morgan fingerprint density at radius 1 is 1.44 bits per heavy atom. The minimum Gasteiger partial charge on any atom is -0.393 e. The van der Waals surface area contributed by atoms with E-state index in [9.17, 15) is 4.79 Å². The van der Waals surface area contributed by atoms with Crippen LogP contribution in [0.2, 0.25) is 5.02 Å². The summed E-state index contributed by atoms with van der Waals surface area (Å²) in [5.41, 5.74) is 0.680. The zero-order chi connectivity index (χ0) is 12.0. The quantitative estimate of drug-likeness (QED) is 0.758. The lowest BCUT2D eigenvalue weighted by Gasteiger charge is -2.08. The van der Waals surface area contributed by atoms with Crippen molar-refractivity contribution >= 4 is 23.3 Å². The van der Waals surface area contributed by atoms with Crippen LogP contribution in [0.5, 0.6) is 0 Å². The van der Waals surface area contributed by atoms with Crippen molar-refractivity contribution in [3.05, 3.63) is 29.3 Å². The molecule has 1 unspecified atom stereocenters. The van der Waals surface area contributed by atoms with Gasteiger partial charge >= 0.3 is 6.03 Å². The fraction of sp³-hybridized carbons (Fsp3) is 0.364. The summed E-state index contributed by atoms with van der Waals surface area (Å²) in [6, 6.07) is 6.55. The first-order valence-electron chi connectivity index (χ1n) is 5.06. The molecule has 1 aromatic rings. The number of carbonyl (C=O) groups is 1. The molecule has 3 N–H and O–H groups in total. The van der Waals surface area contributed by atoms with Crippen molar-refractivity contribution in [1.82, 2.24) is 5.32 Å². The Labute approximate surface area is 99.6 Å². The number of aliphatic hydroxyl groups is 1. The van der Waals surface area contributed by atoms with Gasteiger partial charge in [-0.05, 0) is 37.6 Å². The van der Waals surface area contributed by atoms with E-state index in [1.165, 1.54) is 0 Å². The van der Waals surface area contributed by atoms with Gasteiger partial charge in [-0.15, -0.1) is 0 Å². The molecule has 0 aliphatic heterocycles. The molecule has 1 rings (SSSR count). The molecule has 2 amide bonds. The largest absolute Gasteiger partial charge is 0.393 e. The van der Waals surface area contributed by atoms with E-state index in [-0.39, 0.29) is 6.03 Å². The number of hydrogen-bond acceptors (Lipinski definition) is 2. The third-order valence-corrected chi connectivity index (χ3v) is 2.20. The average molecular weight is 243 g/mol. The molecule has 0 aromatic heterocycles. The Hall–Kier alpha value is -1.26. The smallest absolute Gasteiger partial charge is 0.319 e. The molecule has 16 heavy (non-hydrogen) atoms. The van der Waals surface area contributed by atoms with Crippen LogP contribution in [0.4, 0.5) is 10.5 Å². The SMILES string of the molecule is CC(O)CCNC(=O)Nc1ccc(Cl)cc1. The summed E-state index contributed by atoms with van der Waals surface area (Å²) in [6.45, 7) is 2.12. The van der Waals surface area contributed by atoms with Crippen LogP contribution in [-0.2, 0) is 0 Å². The highest BCUT2D eigenvalue weighted by molar-refractivity contribution is 6.30. The molecule has 0 spiro atoms. The van der Waals surface area contributed by atoms with Gasteiger partial charge in [0.05, 0.1) is 6.10 Å². The molecule has 1 aromatic carbocycles. The van der Waals surface area contributed by atoms with Crippen molar-refractivity contribution < 1.29 is 9.90 Å². The molecule has 0 fully saturated rings. The molecule has 0 saturated heterocycles. The summed E-state index contributed by atoms with van der Waals surface area (Å²) in [4.78, 5) is 11.3. The molecule has 0 radical (unpaired) electrons. The third kappa shape index (κ3) is 5.00.